The lowest BCUT2D eigenvalue weighted by Gasteiger charge is -2.32. The van der Waals surface area contributed by atoms with Crippen molar-refractivity contribution in [2.45, 2.75) is 31.7 Å². The molecular weight excluding hydrogens is 387 g/mol. The Morgan fingerprint density at radius 2 is 1.95 bits per heavy atom. The fourth-order valence-corrected chi connectivity index (χ4v) is 3.53. The van der Waals surface area contributed by atoms with Gasteiger partial charge in [0.25, 0.3) is 5.91 Å². The van der Waals surface area contributed by atoms with E-state index in [0.717, 1.165) is 42.9 Å². The summed E-state index contributed by atoms with van der Waals surface area (Å²) in [6.45, 7) is 2.78. The second kappa shape index (κ2) is 8.00. The van der Waals surface area contributed by atoms with E-state index in [-0.39, 0.29) is 18.3 Å². The van der Waals surface area contributed by atoms with Crippen molar-refractivity contribution in [3.8, 4) is 0 Å². The first kappa shape index (κ1) is 18.1. The van der Waals surface area contributed by atoms with Gasteiger partial charge in [0.1, 0.15) is 0 Å². The number of rotatable bonds is 4. The normalized spacial score (nSPS) is 18.9. The molecule has 0 spiro atoms. The number of carbonyl (C=O) groups excluding carboxylic acids is 1. The molecular formula is C16H21BrCl2N2O. The van der Waals surface area contributed by atoms with E-state index in [2.05, 4.69) is 21.2 Å². The van der Waals surface area contributed by atoms with Crippen molar-refractivity contribution in [3.05, 3.63) is 33.3 Å². The zero-order valence-electron chi connectivity index (χ0n) is 12.4. The molecule has 2 fully saturated rings. The van der Waals surface area contributed by atoms with E-state index < -0.39 is 0 Å². The fourth-order valence-electron chi connectivity index (χ4n) is 2.78. The number of benzene rings is 1. The molecule has 122 valence electrons. The monoisotopic (exact) mass is 406 g/mol. The third kappa shape index (κ3) is 4.60. The van der Waals surface area contributed by atoms with Crippen LogP contribution in [0.4, 0.5) is 0 Å². The van der Waals surface area contributed by atoms with Crippen LogP contribution in [0, 0.1) is 5.92 Å². The molecule has 22 heavy (non-hydrogen) atoms. The highest BCUT2D eigenvalue weighted by atomic mass is 79.9. The zero-order chi connectivity index (χ0) is 14.8. The largest absolute Gasteiger partial charge is 0.338 e. The number of likely N-dealkylation sites (tertiary alicyclic amines) is 1. The summed E-state index contributed by atoms with van der Waals surface area (Å²) in [6.07, 6.45) is 4.83. The summed E-state index contributed by atoms with van der Waals surface area (Å²) in [6, 6.07) is 6.00. The van der Waals surface area contributed by atoms with Crippen molar-refractivity contribution < 1.29 is 4.79 Å². The molecule has 1 saturated heterocycles. The first-order valence-electron chi connectivity index (χ1n) is 7.61. The van der Waals surface area contributed by atoms with Crippen molar-refractivity contribution in [1.82, 2.24) is 10.2 Å². The van der Waals surface area contributed by atoms with Gasteiger partial charge in [0.15, 0.2) is 0 Å². The van der Waals surface area contributed by atoms with Gasteiger partial charge >= 0.3 is 0 Å². The summed E-state index contributed by atoms with van der Waals surface area (Å²) in [5.41, 5.74) is 0.601. The van der Waals surface area contributed by atoms with Crippen molar-refractivity contribution in [2.75, 3.05) is 19.6 Å². The molecule has 1 N–H and O–H groups in total. The van der Waals surface area contributed by atoms with Crippen LogP contribution in [-0.2, 0) is 0 Å². The van der Waals surface area contributed by atoms with Gasteiger partial charge in [0.05, 0.1) is 10.6 Å². The van der Waals surface area contributed by atoms with E-state index in [1.54, 1.807) is 12.1 Å². The molecule has 2 aliphatic rings. The van der Waals surface area contributed by atoms with Crippen LogP contribution in [-0.4, -0.2) is 36.5 Å². The van der Waals surface area contributed by atoms with Gasteiger partial charge < -0.3 is 10.2 Å². The molecule has 3 nitrogen and oxygen atoms in total. The molecule has 0 bridgehead atoms. The maximum Gasteiger partial charge on any atom is 0.255 e. The highest BCUT2D eigenvalue weighted by molar-refractivity contribution is 9.10. The molecule has 3 rings (SSSR count). The van der Waals surface area contributed by atoms with Crippen molar-refractivity contribution in [3.63, 3.8) is 0 Å². The molecule has 6 heteroatoms. The second-order valence-corrected chi connectivity index (χ2v) is 7.37. The molecule has 1 aliphatic heterocycles. The SMILES string of the molecule is Cl.O=C(c1ccc(Br)cc1Cl)N1CCC(NCC2CC2)CC1. The van der Waals surface area contributed by atoms with Gasteiger partial charge in [-0.15, -0.1) is 12.4 Å². The summed E-state index contributed by atoms with van der Waals surface area (Å²) in [7, 11) is 0. The highest BCUT2D eigenvalue weighted by Gasteiger charge is 2.27. The van der Waals surface area contributed by atoms with Crippen molar-refractivity contribution in [2.24, 2.45) is 5.92 Å². The summed E-state index contributed by atoms with van der Waals surface area (Å²) < 4.78 is 0.895. The standard InChI is InChI=1S/C16H20BrClN2O.ClH/c17-12-3-4-14(15(18)9-12)16(21)20-7-5-13(6-8-20)19-10-11-1-2-11;/h3-4,9,11,13,19H,1-2,5-8,10H2;1H. The highest BCUT2D eigenvalue weighted by Crippen LogP contribution is 2.28. The lowest BCUT2D eigenvalue weighted by atomic mass is 10.0. The maximum atomic E-state index is 12.5. The maximum absolute atomic E-state index is 12.5. The third-order valence-electron chi connectivity index (χ3n) is 4.34. The summed E-state index contributed by atoms with van der Waals surface area (Å²) in [5.74, 6) is 0.958. The number of halogens is 3. The van der Waals surface area contributed by atoms with E-state index in [0.29, 0.717) is 16.6 Å². The number of nitrogens with one attached hydrogen (secondary N) is 1. The van der Waals surface area contributed by atoms with Gasteiger partial charge in [0.2, 0.25) is 0 Å². The minimum atomic E-state index is 0. The van der Waals surface area contributed by atoms with E-state index in [9.17, 15) is 4.79 Å². The Morgan fingerprint density at radius 3 is 2.55 bits per heavy atom. The van der Waals surface area contributed by atoms with Gasteiger partial charge in [-0.2, -0.15) is 0 Å². The fraction of sp³-hybridized carbons (Fsp3) is 0.562. The van der Waals surface area contributed by atoms with Gasteiger partial charge in [-0.3, -0.25) is 4.79 Å². The van der Waals surface area contributed by atoms with E-state index in [1.165, 1.54) is 12.8 Å². The van der Waals surface area contributed by atoms with Gasteiger partial charge in [0, 0.05) is 23.6 Å². The number of hydrogen-bond donors (Lipinski definition) is 1. The molecule has 1 aromatic rings. The van der Waals surface area contributed by atoms with E-state index >= 15 is 0 Å². The number of amides is 1. The van der Waals surface area contributed by atoms with Gasteiger partial charge in [-0.05, 0) is 56.3 Å². The zero-order valence-corrected chi connectivity index (χ0v) is 15.5. The van der Waals surface area contributed by atoms with Gasteiger partial charge in [-0.1, -0.05) is 27.5 Å². The average Bonchev–Trinajstić information content (AvgIpc) is 3.29. The smallest absolute Gasteiger partial charge is 0.255 e. The molecule has 1 aliphatic carbocycles. The van der Waals surface area contributed by atoms with Crippen LogP contribution in [0.1, 0.15) is 36.0 Å². The van der Waals surface area contributed by atoms with E-state index in [4.69, 9.17) is 11.6 Å². The molecule has 0 atom stereocenters. The summed E-state index contributed by atoms with van der Waals surface area (Å²) in [4.78, 5) is 14.4. The first-order valence-corrected chi connectivity index (χ1v) is 8.78. The number of nitrogens with zero attached hydrogens (tertiary/aromatic N) is 1. The number of carbonyl (C=O) groups is 1. The summed E-state index contributed by atoms with van der Waals surface area (Å²) in [5, 5.41) is 4.15. The summed E-state index contributed by atoms with van der Waals surface area (Å²) >= 11 is 9.54. The van der Waals surface area contributed by atoms with Gasteiger partial charge in [-0.25, -0.2) is 0 Å². The van der Waals surface area contributed by atoms with Crippen molar-refractivity contribution >= 4 is 45.8 Å². The molecule has 1 aromatic carbocycles. The lowest BCUT2D eigenvalue weighted by Crippen LogP contribution is -2.45. The molecule has 1 amide bonds. The molecule has 1 heterocycles. The minimum Gasteiger partial charge on any atom is -0.338 e. The van der Waals surface area contributed by atoms with Crippen LogP contribution >= 0.6 is 39.9 Å². The number of hydrogen-bond acceptors (Lipinski definition) is 2. The van der Waals surface area contributed by atoms with Crippen LogP contribution in [0.5, 0.6) is 0 Å². The Labute approximate surface area is 151 Å². The van der Waals surface area contributed by atoms with Crippen LogP contribution in [0.15, 0.2) is 22.7 Å². The Morgan fingerprint density at radius 1 is 1.27 bits per heavy atom. The van der Waals surface area contributed by atoms with Crippen LogP contribution in [0.25, 0.3) is 0 Å². The molecule has 0 unspecified atom stereocenters. The topological polar surface area (TPSA) is 32.3 Å². The van der Waals surface area contributed by atoms with Crippen LogP contribution in [0.2, 0.25) is 5.02 Å². The Balaban J connectivity index is 0.00000176. The number of piperidine rings is 1. The molecule has 0 aromatic heterocycles. The van der Waals surface area contributed by atoms with Crippen LogP contribution < -0.4 is 5.32 Å². The Hall–Kier alpha value is -0.290. The lowest BCUT2D eigenvalue weighted by molar-refractivity contribution is 0.0705. The predicted molar refractivity (Wildman–Crippen MR) is 96.1 cm³/mol. The van der Waals surface area contributed by atoms with E-state index in [1.807, 2.05) is 11.0 Å². The Bertz CT molecular complexity index is 529. The second-order valence-electron chi connectivity index (χ2n) is 6.04. The minimum absolute atomic E-state index is 0. The first-order chi connectivity index (χ1) is 10.1. The van der Waals surface area contributed by atoms with Crippen molar-refractivity contribution in [1.29, 1.82) is 0 Å². The molecule has 1 saturated carbocycles. The average molecular weight is 408 g/mol. The van der Waals surface area contributed by atoms with Crippen LogP contribution in [0.3, 0.4) is 0 Å². The third-order valence-corrected chi connectivity index (χ3v) is 5.14. The quantitative estimate of drug-likeness (QED) is 0.813. The Kier molecular flexibility index (Phi) is 6.57. The molecule has 0 radical (unpaired) electrons. The predicted octanol–water partition coefficient (Wildman–Crippen LogP) is 4.13.